The van der Waals surface area contributed by atoms with Crippen LogP contribution in [0.5, 0.6) is 0 Å². The van der Waals surface area contributed by atoms with E-state index in [4.69, 9.17) is 4.98 Å². The fourth-order valence-corrected chi connectivity index (χ4v) is 3.08. The molecule has 0 amide bonds. The summed E-state index contributed by atoms with van der Waals surface area (Å²) < 4.78 is 1.88. The first kappa shape index (κ1) is 13.4. The van der Waals surface area contributed by atoms with Gasteiger partial charge in [0.05, 0.1) is 5.52 Å². The molecule has 4 heterocycles. The molecule has 2 atom stereocenters. The van der Waals surface area contributed by atoms with Gasteiger partial charge < -0.3 is 10.2 Å². The molecule has 3 aromatic heterocycles. The third-order valence-electron chi connectivity index (χ3n) is 4.41. The van der Waals surface area contributed by atoms with Crippen LogP contribution in [0.25, 0.3) is 16.8 Å². The molecule has 1 aliphatic heterocycles. The lowest BCUT2D eigenvalue weighted by molar-refractivity contribution is 0.396. The van der Waals surface area contributed by atoms with Crippen LogP contribution in [0.2, 0.25) is 0 Å². The Hall–Kier alpha value is -2.28. The van der Waals surface area contributed by atoms with Gasteiger partial charge in [-0.1, -0.05) is 6.92 Å². The molecule has 1 N–H and O–H groups in total. The van der Waals surface area contributed by atoms with Crippen LogP contribution in [0.3, 0.4) is 0 Å². The van der Waals surface area contributed by atoms with Gasteiger partial charge in [-0.25, -0.2) is 0 Å². The summed E-state index contributed by atoms with van der Waals surface area (Å²) in [6.45, 7) is 6.30. The summed E-state index contributed by atoms with van der Waals surface area (Å²) in [5, 5.41) is 11.7. The van der Waals surface area contributed by atoms with E-state index in [-0.39, 0.29) is 0 Å². The fourth-order valence-electron chi connectivity index (χ4n) is 3.08. The smallest absolute Gasteiger partial charge is 0.257 e. The Kier molecular flexibility index (Phi) is 3.15. The minimum atomic E-state index is 0.367. The standard InChI is InChI=1S/C15H19N7/c1-3-11-8-21(10(2)7-17-11)14-13-12(5-4-6-16-13)22-9-18-20-15(22)19-14/h4-6,9-11,17H,3,7-8H2,1-2H3/t10-,11+/m0/s1. The fraction of sp³-hybridized carbons (Fsp3) is 0.467. The molecule has 3 aromatic rings. The number of pyridine rings is 1. The van der Waals surface area contributed by atoms with Crippen molar-refractivity contribution in [1.29, 1.82) is 0 Å². The Balaban J connectivity index is 1.92. The second-order valence-corrected chi connectivity index (χ2v) is 5.82. The van der Waals surface area contributed by atoms with Crippen molar-refractivity contribution < 1.29 is 0 Å². The summed E-state index contributed by atoms with van der Waals surface area (Å²) in [7, 11) is 0. The summed E-state index contributed by atoms with van der Waals surface area (Å²) in [6, 6.07) is 4.81. The third-order valence-corrected chi connectivity index (χ3v) is 4.41. The van der Waals surface area contributed by atoms with Crippen molar-refractivity contribution in [3.63, 3.8) is 0 Å². The Morgan fingerprint density at radius 3 is 3.18 bits per heavy atom. The Labute approximate surface area is 128 Å². The summed E-state index contributed by atoms with van der Waals surface area (Å²) in [5.74, 6) is 1.53. The minimum absolute atomic E-state index is 0.367. The van der Waals surface area contributed by atoms with Gasteiger partial charge >= 0.3 is 0 Å². The molecule has 0 aromatic carbocycles. The number of aromatic nitrogens is 5. The van der Waals surface area contributed by atoms with Crippen molar-refractivity contribution in [3.8, 4) is 0 Å². The molecular formula is C15H19N7. The molecule has 0 unspecified atom stereocenters. The summed E-state index contributed by atoms with van der Waals surface area (Å²) in [6.07, 6.45) is 4.60. The minimum Gasteiger partial charge on any atom is -0.349 e. The molecule has 0 aliphatic carbocycles. The van der Waals surface area contributed by atoms with E-state index >= 15 is 0 Å². The number of hydrogen-bond donors (Lipinski definition) is 1. The van der Waals surface area contributed by atoms with E-state index in [0.29, 0.717) is 17.9 Å². The number of hydrogen-bond acceptors (Lipinski definition) is 6. The molecule has 0 saturated carbocycles. The van der Waals surface area contributed by atoms with E-state index in [2.05, 4.69) is 39.2 Å². The number of piperazine rings is 1. The average Bonchev–Trinajstić information content (AvgIpc) is 3.03. The monoisotopic (exact) mass is 297 g/mol. The quantitative estimate of drug-likeness (QED) is 0.767. The van der Waals surface area contributed by atoms with Crippen LogP contribution in [0, 0.1) is 0 Å². The van der Waals surface area contributed by atoms with Gasteiger partial charge in [-0.05, 0) is 25.5 Å². The lowest BCUT2D eigenvalue weighted by atomic mass is 10.1. The lowest BCUT2D eigenvalue weighted by Crippen LogP contribution is -2.55. The average molecular weight is 297 g/mol. The zero-order valence-electron chi connectivity index (χ0n) is 12.8. The normalized spacial score (nSPS) is 22.5. The van der Waals surface area contributed by atoms with Crippen LogP contribution in [0.4, 0.5) is 5.82 Å². The van der Waals surface area contributed by atoms with E-state index in [0.717, 1.165) is 36.4 Å². The molecule has 22 heavy (non-hydrogen) atoms. The highest BCUT2D eigenvalue weighted by molar-refractivity contribution is 5.87. The summed E-state index contributed by atoms with van der Waals surface area (Å²) >= 11 is 0. The predicted molar refractivity (Wildman–Crippen MR) is 85.0 cm³/mol. The van der Waals surface area contributed by atoms with E-state index in [9.17, 15) is 0 Å². The first-order chi connectivity index (χ1) is 10.8. The van der Waals surface area contributed by atoms with Gasteiger partial charge in [0, 0.05) is 31.4 Å². The molecule has 4 rings (SSSR count). The Bertz CT molecular complexity index is 812. The zero-order valence-corrected chi connectivity index (χ0v) is 12.8. The number of fused-ring (bicyclic) bond motifs is 3. The highest BCUT2D eigenvalue weighted by Gasteiger charge is 2.27. The number of nitrogens with zero attached hydrogens (tertiary/aromatic N) is 6. The number of rotatable bonds is 2. The van der Waals surface area contributed by atoms with Gasteiger partial charge in [-0.3, -0.25) is 9.38 Å². The van der Waals surface area contributed by atoms with Crippen molar-refractivity contribution in [3.05, 3.63) is 24.7 Å². The van der Waals surface area contributed by atoms with E-state index in [1.165, 1.54) is 0 Å². The van der Waals surface area contributed by atoms with Crippen LogP contribution >= 0.6 is 0 Å². The second-order valence-electron chi connectivity index (χ2n) is 5.82. The van der Waals surface area contributed by atoms with Crippen LogP contribution in [-0.4, -0.2) is 49.7 Å². The van der Waals surface area contributed by atoms with Crippen LogP contribution < -0.4 is 10.2 Å². The summed E-state index contributed by atoms with van der Waals surface area (Å²) in [5.41, 5.74) is 1.89. The van der Waals surface area contributed by atoms with E-state index in [1.807, 2.05) is 22.7 Å². The first-order valence-corrected chi connectivity index (χ1v) is 7.72. The van der Waals surface area contributed by atoms with Crippen molar-refractivity contribution in [2.24, 2.45) is 0 Å². The maximum absolute atomic E-state index is 4.73. The van der Waals surface area contributed by atoms with E-state index < -0.39 is 0 Å². The first-order valence-electron chi connectivity index (χ1n) is 7.72. The van der Waals surface area contributed by atoms with Crippen molar-refractivity contribution in [2.45, 2.75) is 32.4 Å². The van der Waals surface area contributed by atoms with Gasteiger partial charge in [0.2, 0.25) is 0 Å². The molecule has 1 fully saturated rings. The van der Waals surface area contributed by atoms with Crippen molar-refractivity contribution in [2.75, 3.05) is 18.0 Å². The molecular weight excluding hydrogens is 278 g/mol. The molecule has 7 nitrogen and oxygen atoms in total. The maximum atomic E-state index is 4.73. The van der Waals surface area contributed by atoms with Gasteiger partial charge in [-0.2, -0.15) is 4.98 Å². The lowest BCUT2D eigenvalue weighted by Gasteiger charge is -2.39. The van der Waals surface area contributed by atoms with Gasteiger partial charge in [0.1, 0.15) is 11.8 Å². The van der Waals surface area contributed by atoms with E-state index in [1.54, 1.807) is 6.33 Å². The van der Waals surface area contributed by atoms with Crippen molar-refractivity contribution >= 4 is 22.6 Å². The highest BCUT2D eigenvalue weighted by atomic mass is 15.3. The van der Waals surface area contributed by atoms with Gasteiger partial charge in [0.15, 0.2) is 5.82 Å². The molecule has 7 heteroatoms. The molecule has 1 saturated heterocycles. The summed E-state index contributed by atoms with van der Waals surface area (Å²) in [4.78, 5) is 11.6. The molecule has 0 spiro atoms. The van der Waals surface area contributed by atoms with Crippen molar-refractivity contribution in [1.82, 2.24) is 29.9 Å². The Morgan fingerprint density at radius 1 is 1.41 bits per heavy atom. The van der Waals surface area contributed by atoms with Gasteiger partial charge in [0.25, 0.3) is 5.78 Å². The second kappa shape index (κ2) is 5.17. The van der Waals surface area contributed by atoms with Crippen LogP contribution in [-0.2, 0) is 0 Å². The molecule has 1 aliphatic rings. The van der Waals surface area contributed by atoms with Gasteiger partial charge in [-0.15, -0.1) is 10.2 Å². The maximum Gasteiger partial charge on any atom is 0.257 e. The molecule has 0 radical (unpaired) electrons. The van der Waals surface area contributed by atoms with Crippen LogP contribution in [0.1, 0.15) is 20.3 Å². The predicted octanol–water partition coefficient (Wildman–Crippen LogP) is 1.25. The number of anilines is 1. The third kappa shape index (κ3) is 2.00. The van der Waals surface area contributed by atoms with Crippen LogP contribution in [0.15, 0.2) is 24.7 Å². The topological polar surface area (TPSA) is 71.2 Å². The SMILES string of the molecule is CC[C@@H]1CN(c2nc3nncn3c3cccnc23)[C@@H](C)CN1. The zero-order chi connectivity index (χ0) is 15.1. The largest absolute Gasteiger partial charge is 0.349 e. The molecule has 0 bridgehead atoms. The number of nitrogens with one attached hydrogen (secondary N) is 1. The molecule has 114 valence electrons. The highest BCUT2D eigenvalue weighted by Crippen LogP contribution is 2.26. The Morgan fingerprint density at radius 2 is 2.32 bits per heavy atom.